The number of carbonyl (C=O) groups excluding carboxylic acids is 1. The summed E-state index contributed by atoms with van der Waals surface area (Å²) >= 11 is 0. The third-order valence-corrected chi connectivity index (χ3v) is 5.88. The first-order valence-electron chi connectivity index (χ1n) is 8.81. The quantitative estimate of drug-likeness (QED) is 0.784. The lowest BCUT2D eigenvalue weighted by Gasteiger charge is -2.34. The first-order chi connectivity index (χ1) is 12.9. The number of carbonyl (C=O) groups is 1. The standard InChI is InChI=1S/C20H24N2O4S/c1-26-18-7-3-16(4-8-18)15-21-11-13-22(14-12-21)20(23)17-5-9-19(10-6-17)27(2,24)25/h3-10H,11-15H2,1-2H3. The van der Waals surface area contributed by atoms with E-state index in [0.717, 1.165) is 31.6 Å². The number of amides is 1. The second kappa shape index (κ2) is 8.10. The van der Waals surface area contributed by atoms with Gasteiger partial charge in [-0.3, -0.25) is 9.69 Å². The molecule has 0 spiro atoms. The Bertz CT molecular complexity index is 885. The predicted octanol–water partition coefficient (Wildman–Crippen LogP) is 2.06. The van der Waals surface area contributed by atoms with Gasteiger partial charge in [0.2, 0.25) is 0 Å². The zero-order valence-corrected chi connectivity index (χ0v) is 16.4. The van der Waals surface area contributed by atoms with Crippen molar-refractivity contribution in [1.82, 2.24) is 9.80 Å². The van der Waals surface area contributed by atoms with Crippen LogP contribution in [0.1, 0.15) is 15.9 Å². The van der Waals surface area contributed by atoms with Crippen molar-refractivity contribution in [2.45, 2.75) is 11.4 Å². The van der Waals surface area contributed by atoms with Crippen LogP contribution in [0.5, 0.6) is 5.75 Å². The molecule has 0 radical (unpaired) electrons. The van der Waals surface area contributed by atoms with Crippen molar-refractivity contribution in [1.29, 1.82) is 0 Å². The van der Waals surface area contributed by atoms with E-state index in [0.29, 0.717) is 18.7 Å². The third kappa shape index (κ3) is 4.87. The van der Waals surface area contributed by atoms with Gasteiger partial charge in [-0.25, -0.2) is 8.42 Å². The molecule has 144 valence electrons. The molecule has 0 aliphatic carbocycles. The number of piperazine rings is 1. The molecule has 1 heterocycles. The summed E-state index contributed by atoms with van der Waals surface area (Å²) in [5, 5.41) is 0. The summed E-state index contributed by atoms with van der Waals surface area (Å²) in [5.41, 5.74) is 1.73. The van der Waals surface area contributed by atoms with Crippen LogP contribution in [0.3, 0.4) is 0 Å². The second-order valence-corrected chi connectivity index (χ2v) is 8.73. The van der Waals surface area contributed by atoms with Gasteiger partial charge in [-0.05, 0) is 42.0 Å². The van der Waals surface area contributed by atoms with Crippen molar-refractivity contribution in [3.8, 4) is 5.75 Å². The van der Waals surface area contributed by atoms with Gasteiger partial charge in [-0.15, -0.1) is 0 Å². The summed E-state index contributed by atoms with van der Waals surface area (Å²) in [6.07, 6.45) is 1.16. The highest BCUT2D eigenvalue weighted by atomic mass is 32.2. The number of sulfone groups is 1. The van der Waals surface area contributed by atoms with Gasteiger partial charge in [0, 0.05) is 44.5 Å². The lowest BCUT2D eigenvalue weighted by Crippen LogP contribution is -2.48. The maximum atomic E-state index is 12.6. The predicted molar refractivity (Wildman–Crippen MR) is 104 cm³/mol. The summed E-state index contributed by atoms with van der Waals surface area (Å²) in [5.74, 6) is 0.787. The lowest BCUT2D eigenvalue weighted by atomic mass is 10.1. The van der Waals surface area contributed by atoms with Gasteiger partial charge in [-0.2, -0.15) is 0 Å². The number of hydrogen-bond acceptors (Lipinski definition) is 5. The maximum Gasteiger partial charge on any atom is 0.253 e. The van der Waals surface area contributed by atoms with E-state index in [-0.39, 0.29) is 10.8 Å². The minimum atomic E-state index is -3.25. The third-order valence-electron chi connectivity index (χ3n) is 4.75. The number of nitrogens with zero attached hydrogens (tertiary/aromatic N) is 2. The number of rotatable bonds is 5. The molecule has 0 aromatic heterocycles. The van der Waals surface area contributed by atoms with Gasteiger partial charge >= 0.3 is 0 Å². The van der Waals surface area contributed by atoms with Gasteiger partial charge < -0.3 is 9.64 Å². The summed E-state index contributed by atoms with van der Waals surface area (Å²) < 4.78 is 28.2. The zero-order valence-electron chi connectivity index (χ0n) is 15.6. The monoisotopic (exact) mass is 388 g/mol. The first kappa shape index (κ1) is 19.4. The van der Waals surface area contributed by atoms with Gasteiger partial charge in [0.1, 0.15) is 5.75 Å². The van der Waals surface area contributed by atoms with Crippen LogP contribution in [-0.4, -0.2) is 63.7 Å². The highest BCUT2D eigenvalue weighted by Gasteiger charge is 2.22. The molecule has 0 N–H and O–H groups in total. The molecule has 1 aliphatic heterocycles. The molecule has 0 bridgehead atoms. The Balaban J connectivity index is 1.55. The van der Waals surface area contributed by atoms with Crippen LogP contribution in [0.4, 0.5) is 0 Å². The maximum absolute atomic E-state index is 12.6. The Hall–Kier alpha value is -2.38. The van der Waals surface area contributed by atoms with E-state index in [4.69, 9.17) is 4.74 Å². The molecule has 1 fully saturated rings. The average molecular weight is 388 g/mol. The lowest BCUT2D eigenvalue weighted by molar-refractivity contribution is 0.0628. The van der Waals surface area contributed by atoms with Crippen molar-refractivity contribution >= 4 is 15.7 Å². The molecule has 1 amide bonds. The van der Waals surface area contributed by atoms with Crippen LogP contribution in [0.2, 0.25) is 0 Å². The summed E-state index contributed by atoms with van der Waals surface area (Å²) in [6, 6.07) is 14.2. The second-order valence-electron chi connectivity index (χ2n) is 6.71. The van der Waals surface area contributed by atoms with E-state index in [1.54, 1.807) is 19.2 Å². The van der Waals surface area contributed by atoms with E-state index in [9.17, 15) is 13.2 Å². The normalized spacial score (nSPS) is 15.6. The molecular weight excluding hydrogens is 364 g/mol. The van der Waals surface area contributed by atoms with E-state index in [2.05, 4.69) is 17.0 Å². The van der Waals surface area contributed by atoms with Crippen LogP contribution in [-0.2, 0) is 16.4 Å². The highest BCUT2D eigenvalue weighted by Crippen LogP contribution is 2.16. The number of hydrogen-bond donors (Lipinski definition) is 0. The van der Waals surface area contributed by atoms with Crippen LogP contribution in [0, 0.1) is 0 Å². The van der Waals surface area contributed by atoms with Gasteiger partial charge in [0.15, 0.2) is 9.84 Å². The number of ether oxygens (including phenoxy) is 1. The molecule has 2 aromatic rings. The van der Waals surface area contributed by atoms with Crippen molar-refractivity contribution < 1.29 is 17.9 Å². The van der Waals surface area contributed by atoms with Crippen molar-refractivity contribution in [3.05, 3.63) is 59.7 Å². The molecule has 0 saturated carbocycles. The minimum absolute atomic E-state index is 0.0563. The summed E-state index contributed by atoms with van der Waals surface area (Å²) in [6.45, 7) is 3.76. The Labute approximate surface area is 160 Å². The van der Waals surface area contributed by atoms with Gasteiger partial charge in [-0.1, -0.05) is 12.1 Å². The molecule has 2 aromatic carbocycles. The van der Waals surface area contributed by atoms with Crippen LogP contribution in [0.25, 0.3) is 0 Å². The SMILES string of the molecule is COc1ccc(CN2CCN(C(=O)c3ccc(S(C)(=O)=O)cc3)CC2)cc1. The average Bonchev–Trinajstić information content (AvgIpc) is 2.68. The van der Waals surface area contributed by atoms with E-state index < -0.39 is 9.84 Å². The van der Waals surface area contributed by atoms with Crippen molar-refractivity contribution in [2.75, 3.05) is 39.5 Å². The number of methoxy groups -OCH3 is 1. The fourth-order valence-corrected chi connectivity index (χ4v) is 3.76. The van der Waals surface area contributed by atoms with Crippen LogP contribution < -0.4 is 4.74 Å². The molecular formula is C20H24N2O4S. The summed E-state index contributed by atoms with van der Waals surface area (Å²) in [7, 11) is -1.60. The van der Waals surface area contributed by atoms with Gasteiger partial charge in [0.25, 0.3) is 5.91 Å². The topological polar surface area (TPSA) is 66.9 Å². The van der Waals surface area contributed by atoms with Crippen LogP contribution >= 0.6 is 0 Å². The molecule has 1 saturated heterocycles. The molecule has 27 heavy (non-hydrogen) atoms. The molecule has 0 unspecified atom stereocenters. The van der Waals surface area contributed by atoms with E-state index >= 15 is 0 Å². The Morgan fingerprint density at radius 1 is 0.963 bits per heavy atom. The van der Waals surface area contributed by atoms with Crippen molar-refractivity contribution in [2.24, 2.45) is 0 Å². The molecule has 3 rings (SSSR count). The smallest absolute Gasteiger partial charge is 0.253 e. The molecule has 7 heteroatoms. The number of benzene rings is 2. The first-order valence-corrected chi connectivity index (χ1v) is 10.7. The summed E-state index contributed by atoms with van der Waals surface area (Å²) in [4.78, 5) is 17.0. The van der Waals surface area contributed by atoms with E-state index in [1.165, 1.54) is 17.7 Å². The molecule has 1 aliphatic rings. The largest absolute Gasteiger partial charge is 0.497 e. The molecule has 6 nitrogen and oxygen atoms in total. The Morgan fingerprint density at radius 2 is 1.56 bits per heavy atom. The Kier molecular flexibility index (Phi) is 5.82. The Morgan fingerprint density at radius 3 is 2.07 bits per heavy atom. The fraction of sp³-hybridized carbons (Fsp3) is 0.350. The zero-order chi connectivity index (χ0) is 19.4. The highest BCUT2D eigenvalue weighted by molar-refractivity contribution is 7.90. The molecule has 0 atom stereocenters. The van der Waals surface area contributed by atoms with E-state index in [1.807, 2.05) is 17.0 Å². The minimum Gasteiger partial charge on any atom is -0.497 e. The van der Waals surface area contributed by atoms with Crippen molar-refractivity contribution in [3.63, 3.8) is 0 Å². The van der Waals surface area contributed by atoms with Gasteiger partial charge in [0.05, 0.1) is 12.0 Å². The van der Waals surface area contributed by atoms with Crippen LogP contribution in [0.15, 0.2) is 53.4 Å². The fourth-order valence-electron chi connectivity index (χ4n) is 3.13.